The Morgan fingerprint density at radius 2 is 1.91 bits per heavy atom. The summed E-state index contributed by atoms with van der Waals surface area (Å²) in [5.74, 6) is -0.685. The summed E-state index contributed by atoms with van der Waals surface area (Å²) in [6, 6.07) is 6.66. The third-order valence-electron chi connectivity index (χ3n) is 2.93. The molecule has 0 unspecified atom stereocenters. The predicted molar refractivity (Wildman–Crippen MR) is 81.6 cm³/mol. The summed E-state index contributed by atoms with van der Waals surface area (Å²) in [6.07, 6.45) is 1.11. The van der Waals surface area contributed by atoms with Gasteiger partial charge in [0.05, 0.1) is 31.7 Å². The van der Waals surface area contributed by atoms with Crippen molar-refractivity contribution in [2.45, 2.75) is 4.90 Å². The molecule has 0 atom stereocenters. The maximum atomic E-state index is 12.3. The van der Waals surface area contributed by atoms with Crippen LogP contribution in [0.2, 0.25) is 0 Å². The molecular formula is C14H14N2O6S. The van der Waals surface area contributed by atoms with Gasteiger partial charge in [0.15, 0.2) is 0 Å². The first-order valence-corrected chi connectivity index (χ1v) is 7.80. The Morgan fingerprint density at radius 3 is 2.43 bits per heavy atom. The number of aromatic carboxylic acids is 1. The van der Waals surface area contributed by atoms with E-state index in [9.17, 15) is 13.2 Å². The fourth-order valence-corrected chi connectivity index (χ4v) is 2.79. The molecule has 0 fully saturated rings. The number of benzene rings is 1. The molecule has 2 rings (SSSR count). The fourth-order valence-electron chi connectivity index (χ4n) is 1.77. The van der Waals surface area contributed by atoms with Crippen molar-refractivity contribution in [2.75, 3.05) is 18.9 Å². The number of anilines is 1. The summed E-state index contributed by atoms with van der Waals surface area (Å²) in [5, 5.41) is 9.16. The number of sulfonamides is 1. The first-order valence-electron chi connectivity index (χ1n) is 6.31. The molecule has 23 heavy (non-hydrogen) atoms. The van der Waals surface area contributed by atoms with Crippen molar-refractivity contribution in [3.8, 4) is 11.6 Å². The second-order valence-corrected chi connectivity index (χ2v) is 6.04. The van der Waals surface area contributed by atoms with E-state index in [1.165, 1.54) is 44.6 Å². The van der Waals surface area contributed by atoms with Gasteiger partial charge in [-0.1, -0.05) is 0 Å². The van der Waals surface area contributed by atoms with Crippen molar-refractivity contribution in [1.29, 1.82) is 0 Å². The van der Waals surface area contributed by atoms with Gasteiger partial charge in [-0.25, -0.2) is 18.2 Å². The van der Waals surface area contributed by atoms with Crippen LogP contribution in [0.25, 0.3) is 0 Å². The average Bonchev–Trinajstić information content (AvgIpc) is 2.54. The van der Waals surface area contributed by atoms with E-state index in [1.54, 1.807) is 0 Å². The number of hydrogen-bond donors (Lipinski definition) is 2. The third kappa shape index (κ3) is 3.69. The largest absolute Gasteiger partial charge is 0.497 e. The summed E-state index contributed by atoms with van der Waals surface area (Å²) in [7, 11) is -1.21. The van der Waals surface area contributed by atoms with Gasteiger partial charge in [-0.3, -0.25) is 4.72 Å². The minimum absolute atomic E-state index is 0.104. The standard InChI is InChI=1S/C14H14N2O6S/c1-21-9-3-5-11(14(17)18)12(7-9)16-23(19,20)10-4-6-13(22-2)15-8-10/h3-8,16H,1-2H3,(H,17,18). The number of carboxylic acids is 1. The SMILES string of the molecule is COc1ccc(C(=O)O)c(NS(=O)(=O)c2ccc(OC)nc2)c1. The maximum Gasteiger partial charge on any atom is 0.337 e. The summed E-state index contributed by atoms with van der Waals surface area (Å²) < 4.78 is 36.8. The topological polar surface area (TPSA) is 115 Å². The minimum Gasteiger partial charge on any atom is -0.497 e. The molecule has 2 aromatic rings. The van der Waals surface area contributed by atoms with Gasteiger partial charge in [-0.2, -0.15) is 0 Å². The monoisotopic (exact) mass is 338 g/mol. The van der Waals surface area contributed by atoms with Crippen LogP contribution in [0.4, 0.5) is 5.69 Å². The Hall–Kier alpha value is -2.81. The summed E-state index contributed by atoms with van der Waals surface area (Å²) in [5.41, 5.74) is -0.302. The van der Waals surface area contributed by atoms with E-state index >= 15 is 0 Å². The molecule has 8 nitrogen and oxygen atoms in total. The number of carboxylic acid groups (broad SMARTS) is 1. The molecule has 0 spiro atoms. The van der Waals surface area contributed by atoms with Crippen LogP contribution >= 0.6 is 0 Å². The van der Waals surface area contributed by atoms with Gasteiger partial charge >= 0.3 is 5.97 Å². The molecule has 0 saturated heterocycles. The number of aromatic nitrogens is 1. The minimum atomic E-state index is -4.01. The van der Waals surface area contributed by atoms with E-state index < -0.39 is 16.0 Å². The van der Waals surface area contributed by atoms with E-state index in [2.05, 4.69) is 9.71 Å². The van der Waals surface area contributed by atoms with Crippen LogP contribution in [0.3, 0.4) is 0 Å². The maximum absolute atomic E-state index is 12.3. The molecule has 0 saturated carbocycles. The van der Waals surface area contributed by atoms with Crippen LogP contribution in [-0.4, -0.2) is 38.7 Å². The van der Waals surface area contributed by atoms with Gasteiger partial charge in [-0.05, 0) is 18.2 Å². The number of nitrogens with zero attached hydrogens (tertiary/aromatic N) is 1. The van der Waals surface area contributed by atoms with Crippen molar-refractivity contribution in [3.63, 3.8) is 0 Å². The number of hydrogen-bond acceptors (Lipinski definition) is 6. The lowest BCUT2D eigenvalue weighted by Gasteiger charge is -2.12. The number of methoxy groups -OCH3 is 2. The smallest absolute Gasteiger partial charge is 0.337 e. The Morgan fingerprint density at radius 1 is 1.17 bits per heavy atom. The Balaban J connectivity index is 2.41. The third-order valence-corrected chi connectivity index (χ3v) is 4.28. The molecule has 0 aliphatic carbocycles. The lowest BCUT2D eigenvalue weighted by atomic mass is 10.2. The molecule has 1 heterocycles. The first kappa shape index (κ1) is 16.6. The van der Waals surface area contributed by atoms with Gasteiger partial charge in [-0.15, -0.1) is 0 Å². The van der Waals surface area contributed by atoms with Crippen molar-refractivity contribution >= 4 is 21.7 Å². The number of pyridine rings is 1. The molecule has 0 aliphatic rings. The summed E-state index contributed by atoms with van der Waals surface area (Å²) in [6.45, 7) is 0. The molecule has 1 aromatic heterocycles. The van der Waals surface area contributed by atoms with Crippen molar-refractivity contribution in [2.24, 2.45) is 0 Å². The number of carbonyl (C=O) groups is 1. The zero-order chi connectivity index (χ0) is 17.0. The highest BCUT2D eigenvalue weighted by molar-refractivity contribution is 7.92. The lowest BCUT2D eigenvalue weighted by molar-refractivity contribution is 0.0698. The van der Waals surface area contributed by atoms with Crippen LogP contribution in [-0.2, 0) is 10.0 Å². The highest BCUT2D eigenvalue weighted by atomic mass is 32.2. The molecule has 0 aliphatic heterocycles. The zero-order valence-corrected chi connectivity index (χ0v) is 13.1. The molecule has 0 radical (unpaired) electrons. The Kier molecular flexibility index (Phi) is 4.70. The quantitative estimate of drug-likeness (QED) is 0.822. The van der Waals surface area contributed by atoms with Gasteiger partial charge in [0.2, 0.25) is 5.88 Å². The van der Waals surface area contributed by atoms with Gasteiger partial charge < -0.3 is 14.6 Å². The molecule has 1 aromatic carbocycles. The van der Waals surface area contributed by atoms with Crippen LogP contribution in [0.5, 0.6) is 11.6 Å². The van der Waals surface area contributed by atoms with Crippen LogP contribution in [0.15, 0.2) is 41.4 Å². The zero-order valence-electron chi connectivity index (χ0n) is 12.3. The van der Waals surface area contributed by atoms with Gasteiger partial charge in [0, 0.05) is 12.1 Å². The molecule has 9 heteroatoms. The Bertz CT molecular complexity index is 818. The van der Waals surface area contributed by atoms with E-state index in [-0.39, 0.29) is 22.0 Å². The second kappa shape index (κ2) is 6.53. The lowest BCUT2D eigenvalue weighted by Crippen LogP contribution is -2.16. The molecule has 0 bridgehead atoms. The molecule has 2 N–H and O–H groups in total. The Labute approximate surface area is 132 Å². The van der Waals surface area contributed by atoms with E-state index in [1.807, 2.05) is 0 Å². The van der Waals surface area contributed by atoms with Crippen LogP contribution < -0.4 is 14.2 Å². The van der Waals surface area contributed by atoms with Crippen LogP contribution in [0, 0.1) is 0 Å². The van der Waals surface area contributed by atoms with Crippen molar-refractivity contribution < 1.29 is 27.8 Å². The summed E-state index contributed by atoms with van der Waals surface area (Å²) in [4.78, 5) is 14.9. The second-order valence-electron chi connectivity index (χ2n) is 4.36. The van der Waals surface area contributed by atoms with Gasteiger partial charge in [0.25, 0.3) is 10.0 Å². The summed E-state index contributed by atoms with van der Waals surface area (Å²) >= 11 is 0. The highest BCUT2D eigenvalue weighted by Crippen LogP contribution is 2.25. The highest BCUT2D eigenvalue weighted by Gasteiger charge is 2.19. The average molecular weight is 338 g/mol. The van der Waals surface area contributed by atoms with Crippen LogP contribution in [0.1, 0.15) is 10.4 Å². The molecule has 122 valence electrons. The van der Waals surface area contributed by atoms with Gasteiger partial charge in [0.1, 0.15) is 10.6 Å². The van der Waals surface area contributed by atoms with Crippen molar-refractivity contribution in [3.05, 3.63) is 42.1 Å². The molecule has 0 amide bonds. The normalized spacial score (nSPS) is 10.9. The van der Waals surface area contributed by atoms with Crippen molar-refractivity contribution in [1.82, 2.24) is 4.98 Å². The number of nitrogens with one attached hydrogen (secondary N) is 1. The first-order chi connectivity index (χ1) is 10.9. The van der Waals surface area contributed by atoms with E-state index in [0.717, 1.165) is 6.20 Å². The van der Waals surface area contributed by atoms with E-state index in [0.29, 0.717) is 5.75 Å². The number of ether oxygens (including phenoxy) is 2. The molecular weight excluding hydrogens is 324 g/mol. The predicted octanol–water partition coefficient (Wildman–Crippen LogP) is 1.60. The van der Waals surface area contributed by atoms with E-state index in [4.69, 9.17) is 14.6 Å². The number of rotatable bonds is 6. The fraction of sp³-hybridized carbons (Fsp3) is 0.143.